The number of nitrogens with zero attached hydrogens (tertiary/aromatic N) is 6. The van der Waals surface area contributed by atoms with Gasteiger partial charge in [0.25, 0.3) is 17.4 Å². The van der Waals surface area contributed by atoms with Gasteiger partial charge >= 0.3 is 12.1 Å². The van der Waals surface area contributed by atoms with Crippen molar-refractivity contribution in [1.29, 1.82) is 0 Å². The summed E-state index contributed by atoms with van der Waals surface area (Å²) < 4.78 is 6.37. The van der Waals surface area contributed by atoms with Crippen molar-refractivity contribution in [3.8, 4) is 0 Å². The van der Waals surface area contributed by atoms with Crippen LogP contribution in [0.1, 0.15) is 12.5 Å². The number of pyridine rings is 1. The molecule has 2 aliphatic rings. The molecule has 0 aliphatic carbocycles. The highest BCUT2D eigenvalue weighted by atomic mass is 16.6. The number of urea groups is 1. The lowest BCUT2D eigenvalue weighted by Crippen LogP contribution is -2.53. The number of hydrogen-bond acceptors (Lipinski definition) is 8. The van der Waals surface area contributed by atoms with Crippen LogP contribution in [-0.2, 0) is 14.3 Å². The topological polar surface area (TPSA) is 125 Å². The second-order valence-electron chi connectivity index (χ2n) is 7.83. The van der Waals surface area contributed by atoms with Gasteiger partial charge in [0, 0.05) is 46.5 Å². The van der Waals surface area contributed by atoms with E-state index in [1.165, 1.54) is 24.6 Å². The SMILES string of the molecule is CCOC(=O)N1CCN(c2nc3ccccn3c(=O)c2C=C2C(=O)N(C)C(=O)N(C)C2=O)CC1. The fraction of sp³-hybridized carbons (Fsp3) is 0.364. The van der Waals surface area contributed by atoms with Crippen LogP contribution in [0.15, 0.2) is 34.8 Å². The van der Waals surface area contributed by atoms with Crippen molar-refractivity contribution in [1.82, 2.24) is 24.1 Å². The van der Waals surface area contributed by atoms with E-state index < -0.39 is 29.5 Å². The number of likely N-dealkylation sites (N-methyl/N-ethyl adjacent to an activating group) is 2. The maximum atomic E-state index is 13.4. The third-order valence-corrected chi connectivity index (χ3v) is 5.79. The number of anilines is 1. The Morgan fingerprint density at radius 1 is 1.03 bits per heavy atom. The lowest BCUT2D eigenvalue weighted by atomic mass is 10.1. The number of carbonyl (C=O) groups is 4. The van der Waals surface area contributed by atoms with Crippen molar-refractivity contribution in [2.45, 2.75) is 6.92 Å². The fourth-order valence-corrected chi connectivity index (χ4v) is 3.89. The molecule has 178 valence electrons. The largest absolute Gasteiger partial charge is 0.450 e. The van der Waals surface area contributed by atoms with E-state index in [2.05, 4.69) is 4.98 Å². The van der Waals surface area contributed by atoms with Crippen molar-refractivity contribution in [3.63, 3.8) is 0 Å². The quantitative estimate of drug-likeness (QED) is 0.469. The van der Waals surface area contributed by atoms with Crippen LogP contribution in [-0.4, -0.2) is 94.9 Å². The number of barbiturate groups is 1. The third-order valence-electron chi connectivity index (χ3n) is 5.79. The summed E-state index contributed by atoms with van der Waals surface area (Å²) >= 11 is 0. The molecule has 0 atom stereocenters. The first kappa shape index (κ1) is 23.0. The van der Waals surface area contributed by atoms with Crippen LogP contribution in [0.3, 0.4) is 0 Å². The van der Waals surface area contributed by atoms with Crippen LogP contribution in [0.5, 0.6) is 0 Å². The summed E-state index contributed by atoms with van der Waals surface area (Å²) in [6, 6.07) is 4.33. The van der Waals surface area contributed by atoms with Gasteiger partial charge in [-0.25, -0.2) is 14.6 Å². The number of amides is 5. The van der Waals surface area contributed by atoms with Crippen molar-refractivity contribution in [2.24, 2.45) is 0 Å². The smallest absolute Gasteiger partial charge is 0.409 e. The summed E-state index contributed by atoms with van der Waals surface area (Å²) in [7, 11) is 2.53. The highest BCUT2D eigenvalue weighted by Gasteiger charge is 2.38. The highest BCUT2D eigenvalue weighted by molar-refractivity contribution is 6.30. The summed E-state index contributed by atoms with van der Waals surface area (Å²) in [4.78, 5) is 72.7. The Labute approximate surface area is 194 Å². The molecule has 12 nitrogen and oxygen atoms in total. The van der Waals surface area contributed by atoms with E-state index in [0.717, 1.165) is 9.80 Å². The lowest BCUT2D eigenvalue weighted by Gasteiger charge is -2.35. The van der Waals surface area contributed by atoms with Crippen molar-refractivity contribution in [3.05, 3.63) is 45.9 Å². The van der Waals surface area contributed by atoms with E-state index in [4.69, 9.17) is 4.74 Å². The predicted molar refractivity (Wildman–Crippen MR) is 121 cm³/mol. The van der Waals surface area contributed by atoms with Gasteiger partial charge in [-0.3, -0.25) is 28.6 Å². The average Bonchev–Trinajstić information content (AvgIpc) is 2.85. The van der Waals surface area contributed by atoms with Crippen LogP contribution in [0.4, 0.5) is 15.4 Å². The summed E-state index contributed by atoms with van der Waals surface area (Å²) in [5.41, 5.74) is -0.348. The fourth-order valence-electron chi connectivity index (χ4n) is 3.89. The zero-order valence-electron chi connectivity index (χ0n) is 19.1. The Kier molecular flexibility index (Phi) is 6.05. The monoisotopic (exact) mass is 468 g/mol. The molecule has 2 aliphatic heterocycles. The molecular formula is C22H24N6O6. The molecule has 0 unspecified atom stereocenters. The second kappa shape index (κ2) is 8.96. The van der Waals surface area contributed by atoms with Gasteiger partial charge in [0.2, 0.25) is 0 Å². The van der Waals surface area contributed by atoms with Crippen LogP contribution in [0, 0.1) is 0 Å². The van der Waals surface area contributed by atoms with Gasteiger partial charge in [-0.05, 0) is 25.1 Å². The molecule has 2 aromatic heterocycles. The Hall–Kier alpha value is -4.22. The maximum absolute atomic E-state index is 13.4. The van der Waals surface area contributed by atoms with Gasteiger partial charge < -0.3 is 14.5 Å². The molecule has 2 aromatic rings. The Morgan fingerprint density at radius 2 is 1.68 bits per heavy atom. The summed E-state index contributed by atoms with van der Waals surface area (Å²) in [5.74, 6) is -1.32. The Bertz CT molecular complexity index is 1250. The molecular weight excluding hydrogens is 444 g/mol. The Morgan fingerprint density at radius 3 is 2.29 bits per heavy atom. The number of rotatable bonds is 3. The van der Waals surface area contributed by atoms with Gasteiger partial charge in [-0.15, -0.1) is 0 Å². The van der Waals surface area contributed by atoms with Gasteiger partial charge in [0.05, 0.1) is 12.2 Å². The minimum Gasteiger partial charge on any atom is -0.450 e. The molecule has 34 heavy (non-hydrogen) atoms. The van der Waals surface area contributed by atoms with Gasteiger partial charge in [0.1, 0.15) is 17.0 Å². The molecule has 4 rings (SSSR count). The van der Waals surface area contributed by atoms with Crippen LogP contribution >= 0.6 is 0 Å². The number of carbonyl (C=O) groups excluding carboxylic acids is 4. The summed E-state index contributed by atoms with van der Waals surface area (Å²) in [5, 5.41) is 0. The summed E-state index contributed by atoms with van der Waals surface area (Å²) in [6.07, 6.45) is 2.33. The van der Waals surface area contributed by atoms with Gasteiger partial charge in [-0.1, -0.05) is 6.07 Å². The standard InChI is InChI=1S/C22H24N6O6/c1-4-34-22(33)27-11-9-26(10-12-27)17-14(20(31)28-8-6-5-7-16(28)23-17)13-15-18(29)24(2)21(32)25(3)19(15)30/h5-8,13H,4,9-12H2,1-3H3. The van der Waals surface area contributed by atoms with E-state index in [0.29, 0.717) is 31.8 Å². The minimum atomic E-state index is -0.802. The molecule has 2 fully saturated rings. The van der Waals surface area contributed by atoms with Gasteiger partial charge in [-0.2, -0.15) is 0 Å². The zero-order valence-corrected chi connectivity index (χ0v) is 19.1. The molecule has 0 aromatic carbocycles. The first-order valence-corrected chi connectivity index (χ1v) is 10.7. The van der Waals surface area contributed by atoms with E-state index in [9.17, 15) is 24.0 Å². The van der Waals surface area contributed by atoms with E-state index in [1.807, 2.05) is 4.90 Å². The molecule has 0 saturated carbocycles. The molecule has 12 heteroatoms. The number of fused-ring (bicyclic) bond motifs is 1. The second-order valence-corrected chi connectivity index (χ2v) is 7.83. The van der Waals surface area contributed by atoms with Crippen LogP contribution in [0.2, 0.25) is 0 Å². The highest BCUT2D eigenvalue weighted by Crippen LogP contribution is 2.23. The van der Waals surface area contributed by atoms with E-state index in [1.54, 1.807) is 36.2 Å². The van der Waals surface area contributed by atoms with Crippen molar-refractivity contribution >= 4 is 41.5 Å². The minimum absolute atomic E-state index is 0.0427. The van der Waals surface area contributed by atoms with Crippen LogP contribution in [0.25, 0.3) is 11.7 Å². The molecule has 0 radical (unpaired) electrons. The van der Waals surface area contributed by atoms with Crippen molar-refractivity contribution < 1.29 is 23.9 Å². The number of imide groups is 2. The number of ether oxygens (including phenoxy) is 1. The molecule has 2 saturated heterocycles. The number of aromatic nitrogens is 2. The van der Waals surface area contributed by atoms with E-state index in [-0.39, 0.29) is 23.6 Å². The first-order valence-electron chi connectivity index (χ1n) is 10.7. The molecule has 0 bridgehead atoms. The number of piperazine rings is 1. The molecule has 4 heterocycles. The van der Waals surface area contributed by atoms with Gasteiger partial charge in [0.15, 0.2) is 0 Å². The lowest BCUT2D eigenvalue weighted by molar-refractivity contribution is -0.134. The molecule has 0 spiro atoms. The van der Waals surface area contributed by atoms with Crippen LogP contribution < -0.4 is 10.5 Å². The zero-order chi connectivity index (χ0) is 24.6. The maximum Gasteiger partial charge on any atom is 0.409 e. The number of hydrogen-bond donors (Lipinski definition) is 0. The third kappa shape index (κ3) is 3.87. The molecule has 0 N–H and O–H groups in total. The average molecular weight is 468 g/mol. The molecule has 5 amide bonds. The van der Waals surface area contributed by atoms with E-state index >= 15 is 0 Å². The normalized spacial score (nSPS) is 17.0. The predicted octanol–water partition coefficient (Wildman–Crippen LogP) is 0.407. The van der Waals surface area contributed by atoms with Crippen molar-refractivity contribution in [2.75, 3.05) is 51.8 Å². The Balaban J connectivity index is 1.79. The first-order chi connectivity index (χ1) is 16.2. The summed E-state index contributed by atoms with van der Waals surface area (Å²) in [6.45, 7) is 3.43.